The lowest BCUT2D eigenvalue weighted by atomic mass is 10.1. The highest BCUT2D eigenvalue weighted by atomic mass is 19.3. The van der Waals surface area contributed by atoms with Gasteiger partial charge in [-0.25, -0.2) is 4.98 Å². The summed E-state index contributed by atoms with van der Waals surface area (Å²) in [5, 5.41) is 0. The Kier molecular flexibility index (Phi) is 12.6. The minimum absolute atomic E-state index is 0.188. The van der Waals surface area contributed by atoms with Crippen LogP contribution in [-0.4, -0.2) is 27.6 Å². The number of hydrogen-bond donors (Lipinski definition) is 0. The van der Waals surface area contributed by atoms with Crippen LogP contribution < -0.4 is 4.74 Å². The second-order valence-corrected chi connectivity index (χ2v) is 11.0. The van der Waals surface area contributed by atoms with Crippen LogP contribution in [0.4, 0.5) is 8.78 Å². The molecule has 0 aliphatic carbocycles. The molecule has 0 aliphatic heterocycles. The molecule has 6 heteroatoms. The fourth-order valence-corrected chi connectivity index (χ4v) is 5.41. The number of unbranched alkanes of at least 4 members (excludes halogenated alkanes) is 6. The predicted octanol–water partition coefficient (Wildman–Crippen LogP) is 9.98. The molecule has 0 aliphatic rings. The maximum Gasteiger partial charge on any atom is 0.387 e. The lowest BCUT2D eigenvalue weighted by Gasteiger charge is -2.24. The monoisotopic (exact) mass is 573 g/mol. The summed E-state index contributed by atoms with van der Waals surface area (Å²) in [6, 6.07) is 28.0. The second-order valence-electron chi connectivity index (χ2n) is 11.0. The van der Waals surface area contributed by atoms with Gasteiger partial charge in [-0.3, -0.25) is 4.90 Å². The Morgan fingerprint density at radius 3 is 1.98 bits per heavy atom. The van der Waals surface area contributed by atoms with Crippen LogP contribution in [0.5, 0.6) is 5.75 Å². The molecule has 0 saturated carbocycles. The number of hydrogen-bond acceptors (Lipinski definition) is 3. The summed E-state index contributed by atoms with van der Waals surface area (Å²) in [7, 11) is 0. The van der Waals surface area contributed by atoms with Gasteiger partial charge < -0.3 is 9.30 Å². The molecule has 0 bridgehead atoms. The number of imidazole rings is 1. The van der Waals surface area contributed by atoms with E-state index < -0.39 is 6.61 Å². The Morgan fingerprint density at radius 1 is 0.714 bits per heavy atom. The number of benzene rings is 3. The van der Waals surface area contributed by atoms with E-state index in [1.807, 2.05) is 24.3 Å². The lowest BCUT2D eigenvalue weighted by Crippen LogP contribution is -2.26. The zero-order valence-corrected chi connectivity index (χ0v) is 25.2. The molecule has 0 unspecified atom stereocenters. The Hall–Kier alpha value is -3.51. The van der Waals surface area contributed by atoms with Crippen LogP contribution in [0.15, 0.2) is 84.9 Å². The van der Waals surface area contributed by atoms with E-state index >= 15 is 0 Å². The number of rotatable bonds is 18. The van der Waals surface area contributed by atoms with Crippen molar-refractivity contribution in [3.8, 4) is 28.4 Å². The molecular formula is C36H45F2N3O. The summed E-state index contributed by atoms with van der Waals surface area (Å²) < 4.78 is 32.4. The van der Waals surface area contributed by atoms with E-state index in [4.69, 9.17) is 4.98 Å². The highest BCUT2D eigenvalue weighted by Crippen LogP contribution is 2.31. The SMILES string of the molecule is CCCCCCCCN(Cc1ccc(OC(F)F)cc1)Cc1c(-c2ccccc2)nc(-c2ccccc2)n1CCCC. The van der Waals surface area contributed by atoms with Gasteiger partial charge in [0.15, 0.2) is 0 Å². The van der Waals surface area contributed by atoms with Crippen molar-refractivity contribution in [3.63, 3.8) is 0 Å². The van der Waals surface area contributed by atoms with Crippen LogP contribution in [0, 0.1) is 0 Å². The number of nitrogens with zero attached hydrogens (tertiary/aromatic N) is 3. The summed E-state index contributed by atoms with van der Waals surface area (Å²) in [4.78, 5) is 7.77. The topological polar surface area (TPSA) is 30.3 Å². The molecule has 4 nitrogen and oxygen atoms in total. The van der Waals surface area contributed by atoms with Crippen LogP contribution >= 0.6 is 0 Å². The van der Waals surface area contributed by atoms with E-state index in [0.29, 0.717) is 0 Å². The summed E-state index contributed by atoms with van der Waals surface area (Å²) in [6.45, 7) is 4.97. The molecule has 1 heterocycles. The smallest absolute Gasteiger partial charge is 0.387 e. The molecule has 0 fully saturated rings. The first-order chi connectivity index (χ1) is 20.6. The minimum atomic E-state index is -2.82. The molecule has 0 spiro atoms. The third-order valence-electron chi connectivity index (χ3n) is 7.64. The first kappa shape index (κ1) is 31.4. The molecule has 0 saturated heterocycles. The van der Waals surface area contributed by atoms with Gasteiger partial charge >= 0.3 is 6.61 Å². The van der Waals surface area contributed by atoms with Crippen LogP contribution in [0.2, 0.25) is 0 Å². The number of alkyl halides is 2. The fraction of sp³-hybridized carbons (Fsp3) is 0.417. The van der Waals surface area contributed by atoms with E-state index in [1.54, 1.807) is 12.1 Å². The van der Waals surface area contributed by atoms with Crippen molar-refractivity contribution in [1.29, 1.82) is 0 Å². The Labute approximate surface area is 250 Å². The van der Waals surface area contributed by atoms with E-state index in [0.717, 1.165) is 73.7 Å². The van der Waals surface area contributed by atoms with Gasteiger partial charge in [-0.1, -0.05) is 125 Å². The van der Waals surface area contributed by atoms with Crippen molar-refractivity contribution in [3.05, 3.63) is 96.2 Å². The second kappa shape index (κ2) is 16.8. The van der Waals surface area contributed by atoms with Crippen LogP contribution in [0.25, 0.3) is 22.6 Å². The Balaban J connectivity index is 1.68. The average molecular weight is 574 g/mol. The van der Waals surface area contributed by atoms with Crippen molar-refractivity contribution < 1.29 is 13.5 Å². The first-order valence-corrected chi connectivity index (χ1v) is 15.5. The molecule has 42 heavy (non-hydrogen) atoms. The maximum absolute atomic E-state index is 12.7. The number of aromatic nitrogens is 2. The molecule has 4 aromatic rings. The molecule has 3 aromatic carbocycles. The predicted molar refractivity (Wildman–Crippen MR) is 169 cm³/mol. The lowest BCUT2D eigenvalue weighted by molar-refractivity contribution is -0.0498. The summed E-state index contributed by atoms with van der Waals surface area (Å²) in [5.74, 6) is 1.19. The zero-order valence-electron chi connectivity index (χ0n) is 25.2. The van der Waals surface area contributed by atoms with Gasteiger partial charge in [0.1, 0.15) is 11.6 Å². The van der Waals surface area contributed by atoms with E-state index in [-0.39, 0.29) is 5.75 Å². The zero-order chi connectivity index (χ0) is 29.6. The molecule has 224 valence electrons. The number of halogens is 2. The normalized spacial score (nSPS) is 11.5. The molecule has 4 rings (SSSR count). The maximum atomic E-state index is 12.7. The highest BCUT2D eigenvalue weighted by Gasteiger charge is 2.22. The van der Waals surface area contributed by atoms with Crippen molar-refractivity contribution in [2.24, 2.45) is 0 Å². The first-order valence-electron chi connectivity index (χ1n) is 15.5. The van der Waals surface area contributed by atoms with Gasteiger partial charge in [0.05, 0.1) is 11.4 Å². The van der Waals surface area contributed by atoms with Crippen molar-refractivity contribution in [1.82, 2.24) is 14.5 Å². The van der Waals surface area contributed by atoms with E-state index in [2.05, 4.69) is 76.6 Å². The quantitative estimate of drug-likeness (QED) is 0.111. The molecule has 0 atom stereocenters. The molecule has 1 aromatic heterocycles. The van der Waals surface area contributed by atoms with Gasteiger partial charge in [-0.05, 0) is 37.1 Å². The van der Waals surface area contributed by atoms with Gasteiger partial charge in [0, 0.05) is 30.8 Å². The highest BCUT2D eigenvalue weighted by molar-refractivity contribution is 5.68. The Bertz CT molecular complexity index is 1310. The fourth-order valence-electron chi connectivity index (χ4n) is 5.41. The van der Waals surface area contributed by atoms with Crippen molar-refractivity contribution in [2.75, 3.05) is 6.54 Å². The Morgan fingerprint density at radius 2 is 1.33 bits per heavy atom. The van der Waals surface area contributed by atoms with E-state index in [1.165, 1.54) is 37.8 Å². The third kappa shape index (κ3) is 9.25. The summed E-state index contributed by atoms with van der Waals surface area (Å²) in [5.41, 5.74) is 5.56. The van der Waals surface area contributed by atoms with Gasteiger partial charge in [0.25, 0.3) is 0 Å². The standard InChI is InChI=1S/C36H45F2N3O/c1-3-5-7-8-9-16-25-40(27-29-21-23-32(24-22-29)42-36(37)38)28-33-34(30-17-12-10-13-18-30)39-35(41(33)26-6-4-2)31-19-14-11-15-20-31/h10-15,17-24,36H,3-9,16,25-28H2,1-2H3. The van der Waals surface area contributed by atoms with Gasteiger partial charge in [-0.15, -0.1) is 0 Å². The van der Waals surface area contributed by atoms with Crippen molar-refractivity contribution in [2.45, 2.75) is 91.5 Å². The van der Waals surface area contributed by atoms with Gasteiger partial charge in [0.2, 0.25) is 0 Å². The van der Waals surface area contributed by atoms with Crippen LogP contribution in [0.1, 0.15) is 76.5 Å². The summed E-state index contributed by atoms with van der Waals surface area (Å²) in [6.07, 6.45) is 9.55. The molecular weight excluding hydrogens is 528 g/mol. The largest absolute Gasteiger partial charge is 0.435 e. The van der Waals surface area contributed by atoms with Gasteiger partial charge in [-0.2, -0.15) is 8.78 Å². The van der Waals surface area contributed by atoms with E-state index in [9.17, 15) is 8.78 Å². The third-order valence-corrected chi connectivity index (χ3v) is 7.64. The van der Waals surface area contributed by atoms with Crippen LogP contribution in [-0.2, 0) is 19.6 Å². The molecule has 0 N–H and O–H groups in total. The minimum Gasteiger partial charge on any atom is -0.435 e. The molecule has 0 radical (unpaired) electrons. The average Bonchev–Trinajstić information content (AvgIpc) is 3.37. The summed E-state index contributed by atoms with van der Waals surface area (Å²) >= 11 is 0. The molecule has 0 amide bonds. The number of ether oxygens (including phenoxy) is 1. The van der Waals surface area contributed by atoms with Crippen molar-refractivity contribution >= 4 is 0 Å². The van der Waals surface area contributed by atoms with Crippen LogP contribution in [0.3, 0.4) is 0 Å².